The van der Waals surface area contributed by atoms with Gasteiger partial charge in [-0.15, -0.1) is 0 Å². The Morgan fingerprint density at radius 3 is 2.89 bits per heavy atom. The van der Waals surface area contributed by atoms with Crippen molar-refractivity contribution < 1.29 is 14.7 Å². The third-order valence-electron chi connectivity index (χ3n) is 3.36. The molecule has 0 aromatic heterocycles. The number of carboxylic acids is 1. The van der Waals surface area contributed by atoms with Crippen LogP contribution in [0.25, 0.3) is 0 Å². The van der Waals surface area contributed by atoms with Gasteiger partial charge in [-0.1, -0.05) is 6.92 Å². The molecule has 1 heterocycles. The number of aliphatic carboxylic acids is 1. The highest BCUT2D eigenvalue weighted by Crippen LogP contribution is 2.04. The molecule has 1 fully saturated rings. The lowest BCUT2D eigenvalue weighted by Gasteiger charge is -2.18. The first-order valence-electron chi connectivity index (χ1n) is 7.02. The molecule has 6 nitrogen and oxygen atoms in total. The zero-order valence-corrected chi connectivity index (χ0v) is 11.7. The van der Waals surface area contributed by atoms with Crippen LogP contribution in [-0.4, -0.2) is 61.2 Å². The smallest absolute Gasteiger partial charge is 0.306 e. The number of hydrogen-bond acceptors (Lipinski definition) is 4. The molecule has 1 atom stereocenters. The Morgan fingerprint density at radius 2 is 2.16 bits per heavy atom. The van der Waals surface area contributed by atoms with Crippen molar-refractivity contribution >= 4 is 11.9 Å². The summed E-state index contributed by atoms with van der Waals surface area (Å²) in [6.07, 6.45) is 2.38. The van der Waals surface area contributed by atoms with Crippen molar-refractivity contribution in [2.75, 3.05) is 39.3 Å². The van der Waals surface area contributed by atoms with E-state index in [1.165, 1.54) is 0 Å². The molecule has 0 radical (unpaired) electrons. The summed E-state index contributed by atoms with van der Waals surface area (Å²) in [7, 11) is 0. The van der Waals surface area contributed by atoms with E-state index < -0.39 is 5.97 Å². The molecule has 6 heteroatoms. The van der Waals surface area contributed by atoms with E-state index in [1.807, 2.05) is 0 Å². The van der Waals surface area contributed by atoms with Crippen LogP contribution >= 0.6 is 0 Å². The second kappa shape index (κ2) is 8.87. The maximum atomic E-state index is 11.7. The minimum atomic E-state index is -0.775. The Labute approximate surface area is 114 Å². The number of nitrogens with zero attached hydrogens (tertiary/aromatic N) is 1. The number of rotatable bonds is 7. The van der Waals surface area contributed by atoms with Crippen molar-refractivity contribution in [2.24, 2.45) is 5.92 Å². The average Bonchev–Trinajstić information content (AvgIpc) is 2.62. The van der Waals surface area contributed by atoms with Gasteiger partial charge < -0.3 is 15.7 Å². The van der Waals surface area contributed by atoms with Crippen molar-refractivity contribution in [3.05, 3.63) is 0 Å². The van der Waals surface area contributed by atoms with Gasteiger partial charge in [0.25, 0.3) is 0 Å². The molecule has 0 saturated carbocycles. The summed E-state index contributed by atoms with van der Waals surface area (Å²) in [5.41, 5.74) is 0. The molecule has 19 heavy (non-hydrogen) atoms. The summed E-state index contributed by atoms with van der Waals surface area (Å²) in [6, 6.07) is 0. The number of carbonyl (C=O) groups is 2. The van der Waals surface area contributed by atoms with Crippen LogP contribution in [0.15, 0.2) is 0 Å². The van der Waals surface area contributed by atoms with Crippen molar-refractivity contribution in [3.8, 4) is 0 Å². The van der Waals surface area contributed by atoms with Crippen LogP contribution in [0.1, 0.15) is 26.2 Å². The SMILES string of the molecule is CC(CCCNC(=O)CN1CCCNCC1)C(=O)O. The maximum absolute atomic E-state index is 11.7. The number of carbonyl (C=O) groups excluding carboxylic acids is 1. The van der Waals surface area contributed by atoms with E-state index >= 15 is 0 Å². The Balaban J connectivity index is 2.08. The first-order valence-corrected chi connectivity index (χ1v) is 7.02. The van der Waals surface area contributed by atoms with Gasteiger partial charge >= 0.3 is 5.97 Å². The quantitative estimate of drug-likeness (QED) is 0.563. The number of hydrogen-bond donors (Lipinski definition) is 3. The fraction of sp³-hybridized carbons (Fsp3) is 0.846. The van der Waals surface area contributed by atoms with Crippen LogP contribution in [0.4, 0.5) is 0 Å². The minimum absolute atomic E-state index is 0.0323. The Kier molecular flexibility index (Phi) is 7.43. The van der Waals surface area contributed by atoms with Gasteiger partial charge in [0.15, 0.2) is 0 Å². The Morgan fingerprint density at radius 1 is 1.37 bits per heavy atom. The van der Waals surface area contributed by atoms with Crippen molar-refractivity contribution in [3.63, 3.8) is 0 Å². The molecule has 1 rings (SSSR count). The largest absolute Gasteiger partial charge is 0.481 e. The van der Waals surface area contributed by atoms with Gasteiger partial charge in [-0.05, 0) is 32.4 Å². The van der Waals surface area contributed by atoms with E-state index in [-0.39, 0.29) is 11.8 Å². The van der Waals surface area contributed by atoms with Crippen LogP contribution < -0.4 is 10.6 Å². The van der Waals surface area contributed by atoms with E-state index in [4.69, 9.17) is 5.11 Å². The molecule has 1 unspecified atom stereocenters. The third kappa shape index (κ3) is 7.12. The van der Waals surface area contributed by atoms with Crippen LogP contribution in [0.3, 0.4) is 0 Å². The van der Waals surface area contributed by atoms with Gasteiger partial charge in [-0.2, -0.15) is 0 Å². The molecule has 1 saturated heterocycles. The topological polar surface area (TPSA) is 81.7 Å². The first kappa shape index (κ1) is 15.9. The molecule has 0 aromatic rings. The van der Waals surface area contributed by atoms with Gasteiger partial charge in [0.1, 0.15) is 0 Å². The molecule has 1 aliphatic rings. The molecule has 1 amide bonds. The molecular weight excluding hydrogens is 246 g/mol. The summed E-state index contributed by atoms with van der Waals surface area (Å²) >= 11 is 0. The standard InChI is InChI=1S/C13H25N3O3/c1-11(13(18)19)4-2-6-15-12(17)10-16-8-3-5-14-7-9-16/h11,14H,2-10H2,1H3,(H,15,17)(H,18,19). The average molecular weight is 271 g/mol. The van der Waals surface area contributed by atoms with Crippen LogP contribution in [0, 0.1) is 5.92 Å². The molecular formula is C13H25N3O3. The summed E-state index contributed by atoms with van der Waals surface area (Å²) in [5.74, 6) is -1.08. The number of amides is 1. The fourth-order valence-corrected chi connectivity index (χ4v) is 2.08. The van der Waals surface area contributed by atoms with Crippen LogP contribution in [-0.2, 0) is 9.59 Å². The van der Waals surface area contributed by atoms with E-state index in [0.29, 0.717) is 25.9 Å². The summed E-state index contributed by atoms with van der Waals surface area (Å²) in [5, 5.41) is 14.9. The second-order valence-corrected chi connectivity index (χ2v) is 5.11. The van der Waals surface area contributed by atoms with Gasteiger partial charge in [0.05, 0.1) is 12.5 Å². The van der Waals surface area contributed by atoms with E-state index in [0.717, 1.165) is 32.6 Å². The minimum Gasteiger partial charge on any atom is -0.481 e. The number of nitrogens with one attached hydrogen (secondary N) is 2. The lowest BCUT2D eigenvalue weighted by molar-refractivity contribution is -0.141. The second-order valence-electron chi connectivity index (χ2n) is 5.11. The molecule has 110 valence electrons. The highest BCUT2D eigenvalue weighted by Gasteiger charge is 2.13. The lowest BCUT2D eigenvalue weighted by Crippen LogP contribution is -2.39. The summed E-state index contributed by atoms with van der Waals surface area (Å²) in [4.78, 5) is 24.5. The predicted molar refractivity (Wildman–Crippen MR) is 73.0 cm³/mol. The maximum Gasteiger partial charge on any atom is 0.306 e. The van der Waals surface area contributed by atoms with Crippen LogP contribution in [0.5, 0.6) is 0 Å². The molecule has 1 aliphatic heterocycles. The molecule has 0 aliphatic carbocycles. The van der Waals surface area contributed by atoms with Gasteiger partial charge in [0.2, 0.25) is 5.91 Å². The molecule has 0 bridgehead atoms. The molecule has 0 spiro atoms. The van der Waals surface area contributed by atoms with Gasteiger partial charge in [-0.25, -0.2) is 0 Å². The fourth-order valence-electron chi connectivity index (χ4n) is 2.08. The normalized spacial score (nSPS) is 18.6. The van der Waals surface area contributed by atoms with Gasteiger partial charge in [-0.3, -0.25) is 14.5 Å². The van der Waals surface area contributed by atoms with Gasteiger partial charge in [0, 0.05) is 19.6 Å². The summed E-state index contributed by atoms with van der Waals surface area (Å²) in [6.45, 7) is 6.50. The Bertz CT molecular complexity index is 289. The van der Waals surface area contributed by atoms with E-state index in [2.05, 4.69) is 15.5 Å². The Hall–Kier alpha value is -1.14. The highest BCUT2D eigenvalue weighted by molar-refractivity contribution is 5.78. The van der Waals surface area contributed by atoms with E-state index in [1.54, 1.807) is 6.92 Å². The monoisotopic (exact) mass is 271 g/mol. The third-order valence-corrected chi connectivity index (χ3v) is 3.36. The molecule has 3 N–H and O–H groups in total. The van der Waals surface area contributed by atoms with E-state index in [9.17, 15) is 9.59 Å². The van der Waals surface area contributed by atoms with Crippen molar-refractivity contribution in [1.82, 2.24) is 15.5 Å². The predicted octanol–water partition coefficient (Wildman–Crippen LogP) is -0.101. The van der Waals surface area contributed by atoms with Crippen LogP contribution in [0.2, 0.25) is 0 Å². The molecule has 0 aromatic carbocycles. The van der Waals surface area contributed by atoms with Crippen molar-refractivity contribution in [2.45, 2.75) is 26.2 Å². The zero-order chi connectivity index (χ0) is 14.1. The lowest BCUT2D eigenvalue weighted by atomic mass is 10.1. The zero-order valence-electron chi connectivity index (χ0n) is 11.7. The highest BCUT2D eigenvalue weighted by atomic mass is 16.4. The number of carboxylic acid groups (broad SMARTS) is 1. The van der Waals surface area contributed by atoms with Crippen molar-refractivity contribution in [1.29, 1.82) is 0 Å². The first-order chi connectivity index (χ1) is 9.09. The summed E-state index contributed by atoms with van der Waals surface area (Å²) < 4.78 is 0.